The first-order valence-electron chi connectivity index (χ1n) is 17.8. The molecule has 262 valence electrons. The van der Waals surface area contributed by atoms with Gasteiger partial charge in [-0.25, -0.2) is 4.98 Å². The molecule has 5 heterocycles. The number of rotatable bonds is 8. The second-order valence-electron chi connectivity index (χ2n) is 13.9. The number of nitrogens with one attached hydrogen (secondary N) is 2. The molecule has 0 spiro atoms. The van der Waals surface area contributed by atoms with E-state index in [-0.39, 0.29) is 23.6 Å². The van der Waals surface area contributed by atoms with E-state index in [1.807, 2.05) is 41.2 Å². The molecule has 3 amide bonds. The molecule has 0 radical (unpaired) electrons. The van der Waals surface area contributed by atoms with Crippen molar-refractivity contribution in [3.63, 3.8) is 0 Å². The van der Waals surface area contributed by atoms with Crippen molar-refractivity contribution in [2.45, 2.75) is 44.4 Å². The standard InChI is InChI=1S/C38H41N9O4/c1-51-33-20-32-28(19-31(33)38(50)41-35-21-39-34-3-2-14-40-47(34)35)24-46(43-32)23-26-6-4-25(5-7-26)22-44-15-17-45(18-16-44)29-10-8-27(9-11-29)30-12-13-36(48)42-37(30)49/h2-3,8-11,14,19-21,23-26,30H,4-7,12-13,15-18,22H2,1H3,(H-,40,41,42,48,49,50)/p+1/b46-23-. The lowest BCUT2D eigenvalue weighted by Gasteiger charge is -2.38. The predicted octanol–water partition coefficient (Wildman–Crippen LogP) is 2.51. The molecule has 1 saturated carbocycles. The summed E-state index contributed by atoms with van der Waals surface area (Å²) in [5.74, 6) is 1.16. The Morgan fingerprint density at radius 2 is 1.84 bits per heavy atom. The van der Waals surface area contributed by atoms with Crippen LogP contribution in [0.2, 0.25) is 0 Å². The Morgan fingerprint density at radius 1 is 1.04 bits per heavy atom. The lowest BCUT2D eigenvalue weighted by Crippen LogP contribution is -2.48. The van der Waals surface area contributed by atoms with Gasteiger partial charge in [0.05, 0.1) is 30.0 Å². The fraction of sp³-hybridized carbons (Fsp3) is 0.395. The zero-order chi connectivity index (χ0) is 34.9. The van der Waals surface area contributed by atoms with E-state index in [0.29, 0.717) is 47.5 Å². The number of amides is 3. The number of ether oxygens (including phenoxy) is 1. The van der Waals surface area contributed by atoms with Gasteiger partial charge in [-0.2, -0.15) is 9.61 Å². The Bertz CT molecular complexity index is 2130. The minimum Gasteiger partial charge on any atom is -0.496 e. The number of fused-ring (bicyclic) bond motifs is 2. The van der Waals surface area contributed by atoms with Crippen LogP contribution in [-0.2, 0) is 9.59 Å². The highest BCUT2D eigenvalue weighted by molar-refractivity contribution is 6.06. The Kier molecular flexibility index (Phi) is 9.03. The summed E-state index contributed by atoms with van der Waals surface area (Å²) in [7, 11) is 1.56. The monoisotopic (exact) mass is 688 g/mol. The average molecular weight is 689 g/mol. The van der Waals surface area contributed by atoms with Gasteiger partial charge in [0, 0.05) is 68.1 Å². The topological polar surface area (TPSA) is 137 Å². The van der Waals surface area contributed by atoms with Crippen LogP contribution in [0, 0.1) is 11.8 Å². The summed E-state index contributed by atoms with van der Waals surface area (Å²) in [6, 6.07) is 15.6. The quantitative estimate of drug-likeness (QED) is 0.213. The molecule has 4 aromatic rings. The largest absolute Gasteiger partial charge is 0.496 e. The van der Waals surface area contributed by atoms with Crippen molar-refractivity contribution < 1.29 is 23.8 Å². The molecule has 0 bridgehead atoms. The highest BCUT2D eigenvalue weighted by Gasteiger charge is 2.29. The maximum atomic E-state index is 13.3. The van der Waals surface area contributed by atoms with Crippen LogP contribution >= 0.6 is 0 Å². The minimum atomic E-state index is -0.307. The smallest absolute Gasteiger partial charge is 0.260 e. The molecular weight excluding hydrogens is 646 g/mol. The first kappa shape index (κ1) is 32.8. The summed E-state index contributed by atoms with van der Waals surface area (Å²) in [5.41, 5.74) is 3.23. The average Bonchev–Trinajstić information content (AvgIpc) is 3.75. The van der Waals surface area contributed by atoms with Gasteiger partial charge in [0.1, 0.15) is 11.1 Å². The molecule has 51 heavy (non-hydrogen) atoms. The number of anilines is 2. The minimum absolute atomic E-state index is 0.180. The summed E-state index contributed by atoms with van der Waals surface area (Å²) < 4.78 is 9.08. The number of aromatic nitrogens is 3. The molecular formula is C38H42N9O4+. The number of hydrogen-bond donors (Lipinski definition) is 2. The first-order chi connectivity index (χ1) is 24.9. The van der Waals surface area contributed by atoms with Crippen molar-refractivity contribution in [1.29, 1.82) is 0 Å². The Labute approximate surface area is 295 Å². The van der Waals surface area contributed by atoms with Crippen molar-refractivity contribution in [3.8, 4) is 5.75 Å². The van der Waals surface area contributed by atoms with Crippen LogP contribution in [0.3, 0.4) is 0 Å². The van der Waals surface area contributed by atoms with Crippen molar-refractivity contribution >= 4 is 47.3 Å². The van der Waals surface area contributed by atoms with E-state index in [4.69, 9.17) is 9.84 Å². The Balaban J connectivity index is 0.828. The van der Waals surface area contributed by atoms with Crippen LogP contribution in [0.25, 0.3) is 11.8 Å². The second kappa shape index (κ2) is 14.1. The number of hydrogen-bond acceptors (Lipinski definition) is 9. The summed E-state index contributed by atoms with van der Waals surface area (Å²) in [5, 5.41) is 16.1. The van der Waals surface area contributed by atoms with E-state index >= 15 is 0 Å². The summed E-state index contributed by atoms with van der Waals surface area (Å²) in [4.78, 5) is 46.4. The van der Waals surface area contributed by atoms with Crippen LogP contribution in [-0.4, -0.2) is 88.0 Å². The van der Waals surface area contributed by atoms with E-state index in [9.17, 15) is 14.4 Å². The fourth-order valence-electron chi connectivity index (χ4n) is 7.81. The molecule has 2 N–H and O–H groups in total. The van der Waals surface area contributed by atoms with Gasteiger partial charge >= 0.3 is 0 Å². The molecule has 3 fully saturated rings. The lowest BCUT2D eigenvalue weighted by molar-refractivity contribution is -0.424. The maximum Gasteiger partial charge on any atom is 0.260 e. The maximum absolute atomic E-state index is 13.3. The third kappa shape index (κ3) is 6.98. The molecule has 2 saturated heterocycles. The van der Waals surface area contributed by atoms with Gasteiger partial charge in [-0.3, -0.25) is 24.6 Å². The van der Waals surface area contributed by atoms with Gasteiger partial charge in [-0.15, -0.1) is 0 Å². The predicted molar refractivity (Wildman–Crippen MR) is 191 cm³/mol. The van der Waals surface area contributed by atoms with Crippen LogP contribution in [0.1, 0.15) is 60.4 Å². The molecule has 13 heteroatoms. The summed E-state index contributed by atoms with van der Waals surface area (Å²) in [6.07, 6.45) is 13.1. The highest BCUT2D eigenvalue weighted by atomic mass is 16.5. The number of imidazole rings is 1. The SMILES string of the molecule is COc1cc2c(cc1C(=O)Nc1cnc3cccnn13)=C/[N+](=C/C1CCC(CN3CCN(c4ccc(C5CCC(=O)NC5=O)cc4)CC3)CC1)N=2. The molecule has 13 nitrogen and oxygen atoms in total. The summed E-state index contributed by atoms with van der Waals surface area (Å²) >= 11 is 0. The van der Waals surface area contributed by atoms with Crippen molar-refractivity contribution in [2.24, 2.45) is 16.9 Å². The molecule has 3 aliphatic heterocycles. The molecule has 8 rings (SSSR count). The lowest BCUT2D eigenvalue weighted by atomic mass is 9.82. The Morgan fingerprint density at radius 3 is 2.61 bits per heavy atom. The zero-order valence-corrected chi connectivity index (χ0v) is 28.7. The number of benzene rings is 2. The highest BCUT2D eigenvalue weighted by Crippen LogP contribution is 2.30. The number of piperazine rings is 1. The first-order valence-corrected chi connectivity index (χ1v) is 17.8. The number of carbonyl (C=O) groups is 3. The van der Waals surface area contributed by atoms with Crippen LogP contribution in [0.15, 0.2) is 66.0 Å². The summed E-state index contributed by atoms with van der Waals surface area (Å²) in [6.45, 7) is 5.19. The van der Waals surface area contributed by atoms with Crippen molar-refractivity contribution in [2.75, 3.05) is 50.1 Å². The van der Waals surface area contributed by atoms with Crippen molar-refractivity contribution in [3.05, 3.63) is 82.6 Å². The number of nitrogens with zero attached hydrogens (tertiary/aromatic N) is 7. The van der Waals surface area contributed by atoms with Gasteiger partial charge in [-0.1, -0.05) is 16.8 Å². The van der Waals surface area contributed by atoms with E-state index in [1.165, 1.54) is 18.5 Å². The van der Waals surface area contributed by atoms with Gasteiger partial charge in [0.15, 0.2) is 17.7 Å². The van der Waals surface area contributed by atoms with E-state index in [1.54, 1.807) is 30.1 Å². The molecule has 1 aliphatic carbocycles. The number of imide groups is 1. The fourth-order valence-corrected chi connectivity index (χ4v) is 7.81. The van der Waals surface area contributed by atoms with Crippen LogP contribution < -0.4 is 30.8 Å². The third-order valence-electron chi connectivity index (χ3n) is 10.7. The van der Waals surface area contributed by atoms with Gasteiger partial charge in [-0.05, 0) is 73.9 Å². The number of carbonyl (C=O) groups excluding carboxylic acids is 3. The van der Waals surface area contributed by atoms with Crippen molar-refractivity contribution in [1.82, 2.24) is 24.8 Å². The van der Waals surface area contributed by atoms with Gasteiger partial charge in [0.25, 0.3) is 5.91 Å². The van der Waals surface area contributed by atoms with Crippen LogP contribution in [0.4, 0.5) is 11.5 Å². The molecule has 2 aromatic carbocycles. The molecule has 1 unspecified atom stereocenters. The van der Waals surface area contributed by atoms with E-state index in [2.05, 4.69) is 48.9 Å². The number of methoxy groups -OCH3 is 1. The second-order valence-corrected chi connectivity index (χ2v) is 13.9. The normalized spacial score (nSPS) is 23.0. The number of piperidine rings is 1. The van der Waals surface area contributed by atoms with Gasteiger partial charge in [0.2, 0.25) is 18.0 Å². The van der Waals surface area contributed by atoms with E-state index in [0.717, 1.165) is 61.7 Å². The molecule has 1 atom stereocenters. The molecule has 2 aromatic heterocycles. The van der Waals surface area contributed by atoms with Gasteiger partial charge < -0.3 is 15.0 Å². The third-order valence-corrected chi connectivity index (χ3v) is 10.7. The van der Waals surface area contributed by atoms with E-state index < -0.39 is 0 Å². The molecule has 4 aliphatic rings. The Hall–Kier alpha value is -5.43. The van der Waals surface area contributed by atoms with Crippen LogP contribution in [0.5, 0.6) is 5.75 Å². The zero-order valence-electron chi connectivity index (χ0n) is 28.7.